The summed E-state index contributed by atoms with van der Waals surface area (Å²) in [6.07, 6.45) is 2.19. The fraction of sp³-hybridized carbons (Fsp3) is 0.533. The van der Waals surface area contributed by atoms with Gasteiger partial charge in [-0.1, -0.05) is 18.5 Å². The van der Waals surface area contributed by atoms with Crippen LogP contribution in [0.1, 0.15) is 26.2 Å². The van der Waals surface area contributed by atoms with Gasteiger partial charge in [-0.15, -0.1) is 0 Å². The maximum absolute atomic E-state index is 12.0. The number of rotatable bonds is 6. The van der Waals surface area contributed by atoms with Crippen LogP contribution in [0.25, 0.3) is 0 Å². The van der Waals surface area contributed by atoms with Crippen LogP contribution in [0.4, 0.5) is 5.69 Å². The summed E-state index contributed by atoms with van der Waals surface area (Å²) in [6, 6.07) is 3.38. The summed E-state index contributed by atoms with van der Waals surface area (Å²) < 4.78 is 10.9. The number of benzene rings is 1. The fourth-order valence-corrected chi connectivity index (χ4v) is 2.38. The highest BCUT2D eigenvalue weighted by Gasteiger charge is 2.16. The predicted molar refractivity (Wildman–Crippen MR) is 83.1 cm³/mol. The molecule has 0 spiro atoms. The molecule has 6 heteroatoms. The summed E-state index contributed by atoms with van der Waals surface area (Å²) in [7, 11) is 0. The molecule has 1 unspecified atom stereocenters. The van der Waals surface area contributed by atoms with Crippen LogP contribution in [-0.2, 0) is 4.79 Å². The van der Waals surface area contributed by atoms with Gasteiger partial charge >= 0.3 is 0 Å². The second-order valence-electron chi connectivity index (χ2n) is 5.25. The van der Waals surface area contributed by atoms with Gasteiger partial charge in [0.1, 0.15) is 13.2 Å². The van der Waals surface area contributed by atoms with Crippen LogP contribution < -0.4 is 20.5 Å². The third-order valence-electron chi connectivity index (χ3n) is 3.43. The number of nitrogens with two attached hydrogens (primary N) is 1. The molecular weight excluding hydrogens is 292 g/mol. The summed E-state index contributed by atoms with van der Waals surface area (Å²) in [4.78, 5) is 12.0. The SMILES string of the molecule is CC(CCN)CCC(=O)Nc1cc2c(cc1Cl)OCCO2. The molecule has 0 radical (unpaired) electrons. The van der Waals surface area contributed by atoms with Gasteiger partial charge in [0.15, 0.2) is 11.5 Å². The first-order valence-electron chi connectivity index (χ1n) is 7.19. The molecule has 0 saturated heterocycles. The predicted octanol–water partition coefficient (Wildman–Crippen LogP) is 2.81. The minimum Gasteiger partial charge on any atom is -0.486 e. The second-order valence-corrected chi connectivity index (χ2v) is 5.65. The molecule has 0 bridgehead atoms. The van der Waals surface area contributed by atoms with Gasteiger partial charge in [0.25, 0.3) is 0 Å². The molecule has 21 heavy (non-hydrogen) atoms. The van der Waals surface area contributed by atoms with E-state index >= 15 is 0 Å². The van der Waals surface area contributed by atoms with Crippen molar-refractivity contribution in [2.24, 2.45) is 11.7 Å². The van der Waals surface area contributed by atoms with Crippen molar-refractivity contribution in [2.45, 2.75) is 26.2 Å². The molecule has 0 aliphatic carbocycles. The largest absolute Gasteiger partial charge is 0.486 e. The molecular formula is C15H21ClN2O3. The molecule has 1 aliphatic rings. The Morgan fingerprint density at radius 2 is 2.00 bits per heavy atom. The van der Waals surface area contributed by atoms with E-state index in [0.717, 1.165) is 12.8 Å². The number of fused-ring (bicyclic) bond motifs is 1. The first kappa shape index (κ1) is 15.9. The van der Waals surface area contributed by atoms with Gasteiger partial charge in [-0.25, -0.2) is 0 Å². The van der Waals surface area contributed by atoms with Crippen molar-refractivity contribution in [2.75, 3.05) is 25.1 Å². The van der Waals surface area contributed by atoms with Crippen LogP contribution in [0.3, 0.4) is 0 Å². The summed E-state index contributed by atoms with van der Waals surface area (Å²) >= 11 is 6.15. The third kappa shape index (κ3) is 4.51. The normalized spacial score (nSPS) is 14.6. The lowest BCUT2D eigenvalue weighted by Crippen LogP contribution is -2.17. The van der Waals surface area contributed by atoms with Crippen molar-refractivity contribution in [3.05, 3.63) is 17.2 Å². The standard InChI is InChI=1S/C15H21ClN2O3/c1-10(4-5-17)2-3-15(19)18-12-9-14-13(8-11(12)16)20-6-7-21-14/h8-10H,2-7,17H2,1H3,(H,18,19). The quantitative estimate of drug-likeness (QED) is 0.847. The molecule has 0 fully saturated rings. The average Bonchev–Trinajstić information content (AvgIpc) is 2.46. The fourth-order valence-electron chi connectivity index (χ4n) is 2.18. The maximum Gasteiger partial charge on any atom is 0.224 e. The van der Waals surface area contributed by atoms with Gasteiger partial charge in [-0.05, 0) is 25.3 Å². The molecule has 1 aromatic carbocycles. The van der Waals surface area contributed by atoms with Gasteiger partial charge in [-0.3, -0.25) is 4.79 Å². The Hall–Kier alpha value is -1.46. The zero-order chi connectivity index (χ0) is 15.2. The zero-order valence-electron chi connectivity index (χ0n) is 12.2. The Morgan fingerprint density at radius 3 is 2.67 bits per heavy atom. The van der Waals surface area contributed by atoms with E-state index < -0.39 is 0 Å². The van der Waals surface area contributed by atoms with Gasteiger partial charge < -0.3 is 20.5 Å². The van der Waals surface area contributed by atoms with Crippen molar-refractivity contribution < 1.29 is 14.3 Å². The number of hydrogen-bond donors (Lipinski definition) is 2. The van der Waals surface area contributed by atoms with Crippen LogP contribution in [-0.4, -0.2) is 25.7 Å². The number of hydrogen-bond acceptors (Lipinski definition) is 4. The van der Waals surface area contributed by atoms with Gasteiger partial charge in [0.2, 0.25) is 5.91 Å². The van der Waals surface area contributed by atoms with E-state index in [0.29, 0.717) is 54.3 Å². The molecule has 2 rings (SSSR count). The highest BCUT2D eigenvalue weighted by atomic mass is 35.5. The minimum atomic E-state index is -0.0579. The molecule has 116 valence electrons. The van der Waals surface area contributed by atoms with E-state index in [4.69, 9.17) is 26.8 Å². The number of anilines is 1. The minimum absolute atomic E-state index is 0.0579. The summed E-state index contributed by atoms with van der Waals surface area (Å²) in [5.74, 6) is 1.60. The number of carbonyl (C=O) groups is 1. The molecule has 3 N–H and O–H groups in total. The maximum atomic E-state index is 12.0. The van der Waals surface area contributed by atoms with Gasteiger partial charge in [0, 0.05) is 18.6 Å². The Morgan fingerprint density at radius 1 is 1.33 bits per heavy atom. The van der Waals surface area contributed by atoms with Crippen molar-refractivity contribution in [1.29, 1.82) is 0 Å². The van der Waals surface area contributed by atoms with E-state index in [1.165, 1.54) is 0 Å². The number of halogens is 1. The van der Waals surface area contributed by atoms with E-state index in [1.54, 1.807) is 12.1 Å². The number of carbonyl (C=O) groups excluding carboxylic acids is 1. The van der Waals surface area contributed by atoms with E-state index in [-0.39, 0.29) is 5.91 Å². The lowest BCUT2D eigenvalue weighted by atomic mass is 10.0. The second kappa shape index (κ2) is 7.52. The van der Waals surface area contributed by atoms with E-state index in [9.17, 15) is 4.79 Å². The number of nitrogens with one attached hydrogen (secondary N) is 1. The number of ether oxygens (including phenoxy) is 2. The molecule has 1 aliphatic heterocycles. The Labute approximate surface area is 129 Å². The molecule has 0 aromatic heterocycles. The van der Waals surface area contributed by atoms with Crippen molar-refractivity contribution in [3.8, 4) is 11.5 Å². The van der Waals surface area contributed by atoms with Crippen LogP contribution in [0.15, 0.2) is 12.1 Å². The summed E-state index contributed by atoms with van der Waals surface area (Å²) in [5, 5.41) is 3.27. The zero-order valence-corrected chi connectivity index (χ0v) is 12.9. The topological polar surface area (TPSA) is 73.6 Å². The molecule has 1 atom stereocenters. The smallest absolute Gasteiger partial charge is 0.224 e. The van der Waals surface area contributed by atoms with Crippen molar-refractivity contribution >= 4 is 23.2 Å². The van der Waals surface area contributed by atoms with Crippen LogP contribution >= 0.6 is 11.6 Å². The summed E-state index contributed by atoms with van der Waals surface area (Å²) in [5.41, 5.74) is 6.05. The first-order valence-corrected chi connectivity index (χ1v) is 7.57. The van der Waals surface area contributed by atoms with Crippen molar-refractivity contribution in [3.63, 3.8) is 0 Å². The first-order chi connectivity index (χ1) is 10.1. The van der Waals surface area contributed by atoms with E-state index in [2.05, 4.69) is 12.2 Å². The molecule has 1 aromatic rings. The molecule has 0 saturated carbocycles. The number of amides is 1. The highest BCUT2D eigenvalue weighted by molar-refractivity contribution is 6.34. The summed E-state index contributed by atoms with van der Waals surface area (Å²) in [6.45, 7) is 3.75. The lowest BCUT2D eigenvalue weighted by Gasteiger charge is -2.20. The van der Waals surface area contributed by atoms with Gasteiger partial charge in [0.05, 0.1) is 10.7 Å². The van der Waals surface area contributed by atoms with Crippen LogP contribution in [0.5, 0.6) is 11.5 Å². The third-order valence-corrected chi connectivity index (χ3v) is 3.74. The molecule has 1 heterocycles. The molecule has 1 amide bonds. The Kier molecular flexibility index (Phi) is 5.70. The highest BCUT2D eigenvalue weighted by Crippen LogP contribution is 2.38. The average molecular weight is 313 g/mol. The van der Waals surface area contributed by atoms with Crippen molar-refractivity contribution in [1.82, 2.24) is 0 Å². The molecule has 5 nitrogen and oxygen atoms in total. The van der Waals surface area contributed by atoms with Crippen LogP contribution in [0.2, 0.25) is 5.02 Å². The Bertz CT molecular complexity index is 508. The lowest BCUT2D eigenvalue weighted by molar-refractivity contribution is -0.116. The van der Waals surface area contributed by atoms with Crippen LogP contribution in [0, 0.1) is 5.92 Å². The van der Waals surface area contributed by atoms with Gasteiger partial charge in [-0.2, -0.15) is 0 Å². The van der Waals surface area contributed by atoms with E-state index in [1.807, 2.05) is 0 Å². The Balaban J connectivity index is 1.94. The monoisotopic (exact) mass is 312 g/mol.